The van der Waals surface area contributed by atoms with Crippen LogP contribution in [0.4, 0.5) is 0 Å². The molecule has 0 N–H and O–H groups in total. The van der Waals surface area contributed by atoms with Crippen LogP contribution in [-0.2, 0) is 6.42 Å². The summed E-state index contributed by atoms with van der Waals surface area (Å²) in [5, 5.41) is 1.34. The lowest BCUT2D eigenvalue weighted by Gasteiger charge is -2.13. The predicted octanol–water partition coefficient (Wildman–Crippen LogP) is 5.38. The number of hydrogen-bond acceptors (Lipinski definition) is 1. The Balaban J connectivity index is 2.22. The van der Waals surface area contributed by atoms with Crippen LogP contribution in [0.3, 0.4) is 0 Å². The Kier molecular flexibility index (Phi) is 4.66. The Morgan fingerprint density at radius 3 is 2.72 bits per heavy atom. The van der Waals surface area contributed by atoms with Gasteiger partial charge in [-0.1, -0.05) is 51.3 Å². The van der Waals surface area contributed by atoms with Gasteiger partial charge in [0.25, 0.3) is 0 Å². The number of nitrogens with zero attached hydrogens (tertiary/aromatic N) is 1. The summed E-state index contributed by atoms with van der Waals surface area (Å²) in [6, 6.07) is 9.61. The topological polar surface area (TPSA) is 12.9 Å². The fourth-order valence-electron chi connectivity index (χ4n) is 1.79. The van der Waals surface area contributed by atoms with Gasteiger partial charge in [-0.2, -0.15) is 0 Å². The molecule has 94 valence electrons. The Labute approximate surface area is 125 Å². The molecule has 1 aromatic carbocycles. The summed E-state index contributed by atoms with van der Waals surface area (Å²) in [5.41, 5.74) is 3.31. The first-order valence-electron chi connectivity index (χ1n) is 5.57. The summed E-state index contributed by atoms with van der Waals surface area (Å²) in [7, 11) is 0. The number of aromatic nitrogens is 1. The minimum atomic E-state index is 0.158. The van der Waals surface area contributed by atoms with E-state index in [4.69, 9.17) is 23.2 Å². The zero-order chi connectivity index (χ0) is 13.1. The zero-order valence-electron chi connectivity index (χ0n) is 9.83. The van der Waals surface area contributed by atoms with Crippen LogP contribution in [0.1, 0.15) is 21.6 Å². The second-order valence-corrected chi connectivity index (χ2v) is 6.03. The summed E-state index contributed by atoms with van der Waals surface area (Å²) < 4.78 is 0. The van der Waals surface area contributed by atoms with Crippen molar-refractivity contribution in [2.24, 2.45) is 0 Å². The monoisotopic (exact) mass is 343 g/mol. The van der Waals surface area contributed by atoms with Crippen molar-refractivity contribution >= 4 is 39.1 Å². The van der Waals surface area contributed by atoms with Gasteiger partial charge in [0.1, 0.15) is 0 Å². The first-order valence-corrected chi connectivity index (χ1v) is 7.24. The molecule has 0 saturated heterocycles. The summed E-state index contributed by atoms with van der Waals surface area (Å²) >= 11 is 15.8. The third kappa shape index (κ3) is 3.25. The average molecular weight is 345 g/mol. The molecule has 0 spiro atoms. The summed E-state index contributed by atoms with van der Waals surface area (Å²) in [6.45, 7) is 2.01. The average Bonchev–Trinajstić information content (AvgIpc) is 2.32. The molecule has 0 amide bonds. The Morgan fingerprint density at radius 1 is 1.28 bits per heavy atom. The van der Waals surface area contributed by atoms with Crippen molar-refractivity contribution in [2.45, 2.75) is 18.2 Å². The highest BCUT2D eigenvalue weighted by Crippen LogP contribution is 2.34. The third-order valence-electron chi connectivity index (χ3n) is 2.82. The minimum absolute atomic E-state index is 0.158. The highest BCUT2D eigenvalue weighted by atomic mass is 79.9. The van der Waals surface area contributed by atoms with Gasteiger partial charge >= 0.3 is 0 Å². The van der Waals surface area contributed by atoms with Crippen molar-refractivity contribution in [3.63, 3.8) is 0 Å². The molecule has 1 atom stereocenters. The number of rotatable bonds is 3. The van der Waals surface area contributed by atoms with E-state index in [1.165, 1.54) is 5.56 Å². The van der Waals surface area contributed by atoms with Gasteiger partial charge in [0, 0.05) is 26.8 Å². The van der Waals surface area contributed by atoms with Crippen molar-refractivity contribution in [3.05, 3.63) is 63.4 Å². The molecule has 0 aliphatic carbocycles. The third-order valence-corrected chi connectivity index (χ3v) is 4.19. The van der Waals surface area contributed by atoms with Crippen LogP contribution in [0, 0.1) is 6.92 Å². The van der Waals surface area contributed by atoms with Crippen LogP contribution in [-0.4, -0.2) is 4.98 Å². The minimum Gasteiger partial charge on any atom is -0.261 e. The van der Waals surface area contributed by atoms with E-state index in [9.17, 15) is 0 Å². The van der Waals surface area contributed by atoms with Gasteiger partial charge in [0.15, 0.2) is 0 Å². The lowest BCUT2D eigenvalue weighted by atomic mass is 10.0. The number of aryl methyl sites for hydroxylation is 1. The SMILES string of the molecule is Cc1ncccc1CC(Br)c1ccc(Cl)cc1Cl. The van der Waals surface area contributed by atoms with E-state index in [1.54, 1.807) is 12.3 Å². The van der Waals surface area contributed by atoms with Crippen molar-refractivity contribution in [1.29, 1.82) is 0 Å². The maximum absolute atomic E-state index is 6.20. The first kappa shape index (κ1) is 13.9. The fourth-order valence-corrected chi connectivity index (χ4v) is 3.21. The Morgan fingerprint density at radius 2 is 2.06 bits per heavy atom. The molecule has 1 nitrogen and oxygen atoms in total. The normalized spacial score (nSPS) is 12.4. The van der Waals surface area contributed by atoms with Gasteiger partial charge in [-0.15, -0.1) is 0 Å². The predicted molar refractivity (Wildman–Crippen MR) is 80.8 cm³/mol. The standard InChI is InChI=1S/C14H12BrCl2N/c1-9-10(3-2-6-18-9)7-13(15)12-5-4-11(16)8-14(12)17/h2-6,8,13H,7H2,1H3. The molecule has 1 unspecified atom stereocenters. The maximum atomic E-state index is 6.20. The van der Waals surface area contributed by atoms with Crippen molar-refractivity contribution < 1.29 is 0 Å². The molecular formula is C14H12BrCl2N. The molecular weight excluding hydrogens is 333 g/mol. The van der Waals surface area contributed by atoms with Crippen molar-refractivity contribution in [1.82, 2.24) is 4.98 Å². The molecule has 2 aromatic rings. The molecule has 0 aliphatic rings. The van der Waals surface area contributed by atoms with Gasteiger partial charge < -0.3 is 0 Å². The van der Waals surface area contributed by atoms with Crippen LogP contribution in [0.15, 0.2) is 36.5 Å². The molecule has 1 aromatic heterocycles. The lowest BCUT2D eigenvalue weighted by molar-refractivity contribution is 0.922. The van der Waals surface area contributed by atoms with Gasteiger partial charge in [0.2, 0.25) is 0 Å². The molecule has 0 aliphatic heterocycles. The summed E-state index contributed by atoms with van der Waals surface area (Å²) in [5.74, 6) is 0. The zero-order valence-corrected chi connectivity index (χ0v) is 12.9. The van der Waals surface area contributed by atoms with E-state index in [-0.39, 0.29) is 4.83 Å². The lowest BCUT2D eigenvalue weighted by Crippen LogP contribution is -1.99. The maximum Gasteiger partial charge on any atom is 0.0464 e. The number of halogens is 3. The highest BCUT2D eigenvalue weighted by Gasteiger charge is 2.13. The second kappa shape index (κ2) is 6.05. The molecule has 0 saturated carbocycles. The van der Waals surface area contributed by atoms with Crippen molar-refractivity contribution in [2.75, 3.05) is 0 Å². The second-order valence-electron chi connectivity index (χ2n) is 4.09. The van der Waals surface area contributed by atoms with E-state index in [1.807, 2.05) is 25.1 Å². The van der Waals surface area contributed by atoms with Crippen LogP contribution in [0.2, 0.25) is 10.0 Å². The van der Waals surface area contributed by atoms with Gasteiger partial charge in [-0.05, 0) is 42.7 Å². The number of benzene rings is 1. The summed E-state index contributed by atoms with van der Waals surface area (Å²) in [6.07, 6.45) is 2.65. The van der Waals surface area contributed by atoms with Gasteiger partial charge in [0.05, 0.1) is 0 Å². The van der Waals surface area contributed by atoms with E-state index >= 15 is 0 Å². The van der Waals surface area contributed by atoms with Crippen LogP contribution in [0.25, 0.3) is 0 Å². The van der Waals surface area contributed by atoms with Crippen molar-refractivity contribution in [3.8, 4) is 0 Å². The molecule has 1 heterocycles. The van der Waals surface area contributed by atoms with Crippen LogP contribution in [0.5, 0.6) is 0 Å². The van der Waals surface area contributed by atoms with Crippen LogP contribution >= 0.6 is 39.1 Å². The number of hydrogen-bond donors (Lipinski definition) is 0. The quantitative estimate of drug-likeness (QED) is 0.681. The van der Waals surface area contributed by atoms with Crippen LogP contribution < -0.4 is 0 Å². The first-order chi connectivity index (χ1) is 8.58. The molecule has 4 heteroatoms. The smallest absolute Gasteiger partial charge is 0.0464 e. The van der Waals surface area contributed by atoms with Gasteiger partial charge in [-0.3, -0.25) is 4.98 Å². The molecule has 0 radical (unpaired) electrons. The molecule has 0 fully saturated rings. The number of alkyl halides is 1. The van der Waals surface area contributed by atoms with E-state index in [0.29, 0.717) is 10.0 Å². The highest BCUT2D eigenvalue weighted by molar-refractivity contribution is 9.09. The summed E-state index contributed by atoms with van der Waals surface area (Å²) in [4.78, 5) is 4.45. The Hall–Kier alpha value is -0.570. The molecule has 2 rings (SSSR count). The fraction of sp³-hybridized carbons (Fsp3) is 0.214. The van der Waals surface area contributed by atoms with E-state index in [2.05, 4.69) is 27.0 Å². The largest absolute Gasteiger partial charge is 0.261 e. The van der Waals surface area contributed by atoms with Gasteiger partial charge in [-0.25, -0.2) is 0 Å². The number of pyridine rings is 1. The Bertz CT molecular complexity index is 557. The molecule has 18 heavy (non-hydrogen) atoms. The van der Waals surface area contributed by atoms with E-state index in [0.717, 1.165) is 17.7 Å². The van der Waals surface area contributed by atoms with E-state index < -0.39 is 0 Å². The molecule has 0 bridgehead atoms.